The minimum absolute atomic E-state index is 0.0888. The number of aliphatic hydroxyl groups is 1. The van der Waals surface area contributed by atoms with Crippen LogP contribution in [0.15, 0.2) is 36.4 Å². The summed E-state index contributed by atoms with van der Waals surface area (Å²) in [4.78, 5) is 3.58. The topological polar surface area (TPSA) is 45.1 Å². The largest absolute Gasteiger partial charge is 0.433 e. The second kappa shape index (κ2) is 10.9. The van der Waals surface area contributed by atoms with Crippen LogP contribution in [0.4, 0.5) is 30.7 Å². The number of hydrogen-bond acceptors (Lipinski definition) is 3. The molecule has 172 valence electrons. The normalized spacial score (nSPS) is 13.4. The molecule has 1 heterocycles. The van der Waals surface area contributed by atoms with Crippen LogP contribution >= 0.6 is 0 Å². The summed E-state index contributed by atoms with van der Waals surface area (Å²) in [6.45, 7) is -0.0584. The molecule has 3 nitrogen and oxygen atoms in total. The molecular formula is C21H23F7N2O. The fourth-order valence-corrected chi connectivity index (χ4v) is 3.00. The minimum atomic E-state index is -4.86. The van der Waals surface area contributed by atoms with Crippen LogP contribution in [0.1, 0.15) is 48.6 Å². The molecule has 0 aliphatic carbocycles. The van der Waals surface area contributed by atoms with Gasteiger partial charge in [0.2, 0.25) is 0 Å². The third kappa shape index (κ3) is 7.46. The first-order valence-corrected chi connectivity index (χ1v) is 9.74. The number of unbranched alkanes of at least 4 members (excludes halogenated alkanes) is 3. The van der Waals surface area contributed by atoms with Crippen LogP contribution in [0, 0.1) is 0 Å². The molecule has 31 heavy (non-hydrogen) atoms. The number of nitrogens with one attached hydrogen (secondary N) is 1. The molecule has 0 spiro atoms. The number of alkyl halides is 7. The Balaban J connectivity index is 2.13. The van der Waals surface area contributed by atoms with Crippen molar-refractivity contribution in [2.24, 2.45) is 0 Å². The Bertz CT molecular complexity index is 820. The Morgan fingerprint density at radius 1 is 0.839 bits per heavy atom. The number of aliphatic hydroxyl groups excluding tert-OH is 1. The van der Waals surface area contributed by atoms with Gasteiger partial charge in [0.15, 0.2) is 5.69 Å². The maximum atomic E-state index is 13.5. The van der Waals surface area contributed by atoms with E-state index in [9.17, 15) is 35.8 Å². The van der Waals surface area contributed by atoms with E-state index in [4.69, 9.17) is 0 Å². The molecule has 0 saturated carbocycles. The van der Waals surface area contributed by atoms with Crippen molar-refractivity contribution >= 4 is 0 Å². The molecule has 10 heteroatoms. The smallest absolute Gasteiger partial charge is 0.387 e. The lowest BCUT2D eigenvalue weighted by molar-refractivity contribution is -0.142. The Hall–Kier alpha value is -2.20. The second-order valence-electron chi connectivity index (χ2n) is 7.03. The van der Waals surface area contributed by atoms with Gasteiger partial charge in [-0.1, -0.05) is 31.0 Å². The van der Waals surface area contributed by atoms with E-state index in [0.29, 0.717) is 25.8 Å². The highest BCUT2D eigenvalue weighted by molar-refractivity contribution is 5.60. The number of pyridine rings is 1. The highest BCUT2D eigenvalue weighted by atomic mass is 19.4. The Labute approximate surface area is 175 Å². The first-order valence-electron chi connectivity index (χ1n) is 9.74. The Morgan fingerprint density at radius 2 is 1.48 bits per heavy atom. The molecule has 0 bridgehead atoms. The van der Waals surface area contributed by atoms with Gasteiger partial charge >= 0.3 is 12.4 Å². The van der Waals surface area contributed by atoms with Crippen molar-refractivity contribution in [3.05, 3.63) is 53.2 Å². The van der Waals surface area contributed by atoms with Crippen molar-refractivity contribution in [2.75, 3.05) is 19.8 Å². The van der Waals surface area contributed by atoms with E-state index in [2.05, 4.69) is 10.3 Å². The lowest BCUT2D eigenvalue weighted by Gasteiger charge is -2.18. The quantitative estimate of drug-likeness (QED) is 0.347. The molecular weight excluding hydrogens is 429 g/mol. The van der Waals surface area contributed by atoms with Crippen molar-refractivity contribution in [3.63, 3.8) is 0 Å². The molecule has 0 aliphatic heterocycles. The minimum Gasteiger partial charge on any atom is -0.387 e. The summed E-state index contributed by atoms with van der Waals surface area (Å²) in [6.07, 6.45) is -8.24. The maximum absolute atomic E-state index is 13.5. The standard InChI is InChI=1S/C21H23F7N2O/c22-11-3-1-2-4-12-29-13-18(31)16-9-10-17(30-19(16)21(26,27)28)14-5-7-15(8-6-14)20(23,24)25/h5-10,18,29,31H,1-4,11-13H2/t18-/m1/s1. The second-order valence-corrected chi connectivity index (χ2v) is 7.03. The van der Waals surface area contributed by atoms with E-state index in [1.54, 1.807) is 0 Å². The molecule has 0 aliphatic rings. The molecule has 2 aromatic rings. The third-order valence-corrected chi connectivity index (χ3v) is 4.64. The zero-order valence-electron chi connectivity index (χ0n) is 16.5. The van der Waals surface area contributed by atoms with Gasteiger partial charge in [0.25, 0.3) is 0 Å². The lowest BCUT2D eigenvalue weighted by Crippen LogP contribution is -2.25. The van der Waals surface area contributed by atoms with Crippen molar-refractivity contribution in [3.8, 4) is 11.3 Å². The molecule has 0 radical (unpaired) electrons. The maximum Gasteiger partial charge on any atom is 0.433 e. The van der Waals surface area contributed by atoms with E-state index < -0.39 is 35.3 Å². The lowest BCUT2D eigenvalue weighted by atomic mass is 10.0. The average molecular weight is 452 g/mol. The van der Waals surface area contributed by atoms with Gasteiger partial charge in [-0.15, -0.1) is 0 Å². The number of benzene rings is 1. The summed E-state index contributed by atoms with van der Waals surface area (Å²) in [5.41, 5.74) is -2.70. The van der Waals surface area contributed by atoms with Crippen molar-refractivity contribution in [1.29, 1.82) is 0 Å². The number of aromatic nitrogens is 1. The summed E-state index contributed by atoms with van der Waals surface area (Å²) in [5.74, 6) is 0. The molecule has 1 aromatic heterocycles. The van der Waals surface area contributed by atoms with Gasteiger partial charge in [0.1, 0.15) is 0 Å². The van der Waals surface area contributed by atoms with Crippen LogP contribution in [0.2, 0.25) is 0 Å². The van der Waals surface area contributed by atoms with E-state index in [1.807, 2.05) is 0 Å². The summed E-state index contributed by atoms with van der Waals surface area (Å²) in [7, 11) is 0. The number of nitrogens with zero attached hydrogens (tertiary/aromatic N) is 1. The number of hydrogen-bond donors (Lipinski definition) is 2. The highest BCUT2D eigenvalue weighted by Gasteiger charge is 2.37. The molecule has 0 saturated heterocycles. The van der Waals surface area contributed by atoms with Gasteiger partial charge in [-0.25, -0.2) is 4.98 Å². The van der Waals surface area contributed by atoms with Gasteiger partial charge in [0, 0.05) is 17.7 Å². The van der Waals surface area contributed by atoms with Crippen LogP contribution in [0.3, 0.4) is 0 Å². The summed E-state index contributed by atoms with van der Waals surface area (Å²) in [5, 5.41) is 13.1. The SMILES string of the molecule is O[C@H](CNCCCCCCF)c1ccc(-c2ccc(C(F)(F)F)cc2)nc1C(F)(F)F. The molecule has 0 fully saturated rings. The summed E-state index contributed by atoms with van der Waals surface area (Å²) < 4.78 is 90.6. The first kappa shape index (κ1) is 25.1. The van der Waals surface area contributed by atoms with Crippen molar-refractivity contribution < 1.29 is 35.8 Å². The molecule has 0 amide bonds. The molecule has 2 rings (SSSR count). The van der Waals surface area contributed by atoms with Gasteiger partial charge in [0.05, 0.1) is 24.0 Å². The van der Waals surface area contributed by atoms with Crippen LogP contribution < -0.4 is 5.32 Å². The van der Waals surface area contributed by atoms with Gasteiger partial charge in [-0.2, -0.15) is 26.3 Å². The van der Waals surface area contributed by atoms with Crippen LogP contribution in [-0.2, 0) is 12.4 Å². The Kier molecular flexibility index (Phi) is 8.81. The predicted molar refractivity (Wildman–Crippen MR) is 102 cm³/mol. The zero-order chi connectivity index (χ0) is 23.1. The monoisotopic (exact) mass is 452 g/mol. The molecule has 2 N–H and O–H groups in total. The van der Waals surface area contributed by atoms with Gasteiger partial charge < -0.3 is 10.4 Å². The Morgan fingerprint density at radius 3 is 2.06 bits per heavy atom. The van der Waals surface area contributed by atoms with Crippen LogP contribution in [0.5, 0.6) is 0 Å². The van der Waals surface area contributed by atoms with E-state index >= 15 is 0 Å². The number of rotatable bonds is 10. The first-order chi connectivity index (χ1) is 14.5. The van der Waals surface area contributed by atoms with Crippen LogP contribution in [0.25, 0.3) is 11.3 Å². The van der Waals surface area contributed by atoms with E-state index in [-0.39, 0.29) is 24.5 Å². The van der Waals surface area contributed by atoms with Gasteiger partial charge in [-0.05, 0) is 37.6 Å². The molecule has 1 atom stereocenters. The van der Waals surface area contributed by atoms with Gasteiger partial charge in [-0.3, -0.25) is 4.39 Å². The summed E-state index contributed by atoms with van der Waals surface area (Å²) >= 11 is 0. The van der Waals surface area contributed by atoms with E-state index in [1.165, 1.54) is 6.07 Å². The molecule has 1 aromatic carbocycles. The van der Waals surface area contributed by atoms with Crippen LogP contribution in [-0.4, -0.2) is 29.9 Å². The zero-order valence-corrected chi connectivity index (χ0v) is 16.5. The highest BCUT2D eigenvalue weighted by Crippen LogP contribution is 2.36. The van der Waals surface area contributed by atoms with Crippen molar-refractivity contribution in [1.82, 2.24) is 10.3 Å². The average Bonchev–Trinajstić information content (AvgIpc) is 2.71. The number of halogens is 7. The van der Waals surface area contributed by atoms with Crippen molar-refractivity contribution in [2.45, 2.75) is 44.1 Å². The fourth-order valence-electron chi connectivity index (χ4n) is 3.00. The third-order valence-electron chi connectivity index (χ3n) is 4.64. The van der Waals surface area contributed by atoms with E-state index in [0.717, 1.165) is 36.8 Å². The summed E-state index contributed by atoms with van der Waals surface area (Å²) in [6, 6.07) is 5.94. The fraction of sp³-hybridized carbons (Fsp3) is 0.476. The predicted octanol–water partition coefficient (Wildman–Crippen LogP) is 5.94. The molecule has 0 unspecified atom stereocenters.